The molecular formula is C16H15N3O2. The number of fused-ring (bicyclic) bond motifs is 1. The standard InChI is InChI=1S/C16H15N3O2/c1-21-14-9-11(5-6-13(14)17)19-16(20)12-4-2-3-10-7-8-18-15(10)12/h2-9,18H,17H2,1H3,(H,19,20). The number of hydrogen-bond acceptors (Lipinski definition) is 3. The summed E-state index contributed by atoms with van der Waals surface area (Å²) in [5.74, 6) is 0.348. The zero-order valence-electron chi connectivity index (χ0n) is 11.5. The van der Waals surface area contributed by atoms with Crippen LogP contribution in [0.1, 0.15) is 10.4 Å². The zero-order chi connectivity index (χ0) is 14.8. The van der Waals surface area contributed by atoms with E-state index in [-0.39, 0.29) is 5.91 Å². The van der Waals surface area contributed by atoms with E-state index in [9.17, 15) is 4.79 Å². The molecule has 0 radical (unpaired) electrons. The summed E-state index contributed by atoms with van der Waals surface area (Å²) >= 11 is 0. The monoisotopic (exact) mass is 281 g/mol. The largest absolute Gasteiger partial charge is 0.495 e. The molecule has 0 unspecified atom stereocenters. The highest BCUT2D eigenvalue weighted by atomic mass is 16.5. The number of carbonyl (C=O) groups is 1. The number of carbonyl (C=O) groups excluding carboxylic acids is 1. The summed E-state index contributed by atoms with van der Waals surface area (Å²) in [7, 11) is 1.54. The van der Waals surface area contributed by atoms with E-state index in [0.29, 0.717) is 22.7 Å². The summed E-state index contributed by atoms with van der Waals surface area (Å²) in [5, 5.41) is 3.85. The van der Waals surface area contributed by atoms with E-state index < -0.39 is 0 Å². The average molecular weight is 281 g/mol. The number of nitrogen functional groups attached to an aromatic ring is 1. The number of amides is 1. The number of nitrogens with one attached hydrogen (secondary N) is 2. The third-order valence-electron chi connectivity index (χ3n) is 3.32. The van der Waals surface area contributed by atoms with Crippen molar-refractivity contribution in [1.82, 2.24) is 4.98 Å². The number of anilines is 2. The van der Waals surface area contributed by atoms with Gasteiger partial charge in [-0.15, -0.1) is 0 Å². The Bertz CT molecular complexity index is 808. The minimum absolute atomic E-state index is 0.185. The maximum atomic E-state index is 12.4. The lowest BCUT2D eigenvalue weighted by Crippen LogP contribution is -2.12. The predicted octanol–water partition coefficient (Wildman–Crippen LogP) is 3.01. The Morgan fingerprint density at radius 3 is 2.90 bits per heavy atom. The number of hydrogen-bond donors (Lipinski definition) is 3. The molecule has 0 fully saturated rings. The van der Waals surface area contributed by atoms with Crippen LogP contribution < -0.4 is 15.8 Å². The van der Waals surface area contributed by atoms with Gasteiger partial charge >= 0.3 is 0 Å². The van der Waals surface area contributed by atoms with Gasteiger partial charge in [-0.25, -0.2) is 0 Å². The van der Waals surface area contributed by atoms with Crippen molar-refractivity contribution in [2.45, 2.75) is 0 Å². The number of rotatable bonds is 3. The number of methoxy groups -OCH3 is 1. The Hall–Kier alpha value is -2.95. The number of benzene rings is 2. The molecule has 5 nitrogen and oxygen atoms in total. The van der Waals surface area contributed by atoms with Crippen molar-refractivity contribution >= 4 is 28.2 Å². The molecule has 0 saturated carbocycles. The SMILES string of the molecule is COc1cc(NC(=O)c2cccc3cc[nH]c23)ccc1N. The highest BCUT2D eigenvalue weighted by Gasteiger charge is 2.11. The third-order valence-corrected chi connectivity index (χ3v) is 3.32. The van der Waals surface area contributed by atoms with E-state index in [4.69, 9.17) is 10.5 Å². The summed E-state index contributed by atoms with van der Waals surface area (Å²) in [6, 6.07) is 12.7. The lowest BCUT2D eigenvalue weighted by Gasteiger charge is -2.09. The first-order valence-electron chi connectivity index (χ1n) is 6.50. The number of aromatic nitrogens is 1. The molecular weight excluding hydrogens is 266 g/mol. The van der Waals surface area contributed by atoms with Crippen LogP contribution in [0.15, 0.2) is 48.7 Å². The quantitative estimate of drug-likeness (QED) is 0.645. The second kappa shape index (κ2) is 5.20. The molecule has 1 aromatic heterocycles. The van der Waals surface area contributed by atoms with Crippen molar-refractivity contribution < 1.29 is 9.53 Å². The number of ether oxygens (including phenoxy) is 1. The van der Waals surface area contributed by atoms with Crippen molar-refractivity contribution in [2.24, 2.45) is 0 Å². The van der Waals surface area contributed by atoms with Gasteiger partial charge in [-0.05, 0) is 24.3 Å². The number of aromatic amines is 1. The lowest BCUT2D eigenvalue weighted by atomic mass is 10.1. The minimum Gasteiger partial charge on any atom is -0.495 e. The van der Waals surface area contributed by atoms with Crippen LogP contribution in [0.3, 0.4) is 0 Å². The van der Waals surface area contributed by atoms with Crippen molar-refractivity contribution in [3.8, 4) is 5.75 Å². The van der Waals surface area contributed by atoms with Crippen LogP contribution in [-0.2, 0) is 0 Å². The highest BCUT2D eigenvalue weighted by Crippen LogP contribution is 2.26. The second-order valence-corrected chi connectivity index (χ2v) is 4.66. The summed E-state index contributed by atoms with van der Waals surface area (Å²) < 4.78 is 5.15. The van der Waals surface area contributed by atoms with Crippen molar-refractivity contribution in [3.63, 3.8) is 0 Å². The topological polar surface area (TPSA) is 80.1 Å². The molecule has 0 aliphatic carbocycles. The molecule has 0 saturated heterocycles. The third kappa shape index (κ3) is 2.41. The van der Waals surface area contributed by atoms with Crippen LogP contribution >= 0.6 is 0 Å². The molecule has 1 amide bonds. The first-order chi connectivity index (χ1) is 10.2. The summed E-state index contributed by atoms with van der Waals surface area (Å²) in [5.41, 5.74) is 8.33. The fourth-order valence-corrected chi connectivity index (χ4v) is 2.26. The molecule has 0 bridgehead atoms. The Kier molecular flexibility index (Phi) is 3.23. The van der Waals surface area contributed by atoms with E-state index in [1.807, 2.05) is 24.4 Å². The number of para-hydroxylation sites is 1. The molecule has 106 valence electrons. The number of H-pyrrole nitrogens is 1. The van der Waals surface area contributed by atoms with E-state index in [1.165, 1.54) is 7.11 Å². The summed E-state index contributed by atoms with van der Waals surface area (Å²) in [4.78, 5) is 15.5. The molecule has 21 heavy (non-hydrogen) atoms. The van der Waals surface area contributed by atoms with Gasteiger partial charge in [0.25, 0.3) is 5.91 Å². The van der Waals surface area contributed by atoms with E-state index in [1.54, 1.807) is 24.3 Å². The zero-order valence-corrected chi connectivity index (χ0v) is 11.5. The van der Waals surface area contributed by atoms with Gasteiger partial charge in [-0.3, -0.25) is 4.79 Å². The fourth-order valence-electron chi connectivity index (χ4n) is 2.26. The molecule has 0 aliphatic rings. The smallest absolute Gasteiger partial charge is 0.257 e. The van der Waals surface area contributed by atoms with Gasteiger partial charge in [0, 0.05) is 23.3 Å². The van der Waals surface area contributed by atoms with Crippen molar-refractivity contribution in [3.05, 3.63) is 54.2 Å². The predicted molar refractivity (Wildman–Crippen MR) is 83.7 cm³/mol. The average Bonchev–Trinajstić information content (AvgIpc) is 2.97. The molecule has 5 heteroatoms. The van der Waals surface area contributed by atoms with Crippen LogP contribution in [0.4, 0.5) is 11.4 Å². The van der Waals surface area contributed by atoms with Crippen LogP contribution in [0.5, 0.6) is 5.75 Å². The molecule has 1 heterocycles. The summed E-state index contributed by atoms with van der Waals surface area (Å²) in [6.07, 6.45) is 1.81. The minimum atomic E-state index is -0.185. The Labute approximate surface area is 121 Å². The van der Waals surface area contributed by atoms with E-state index >= 15 is 0 Å². The fraction of sp³-hybridized carbons (Fsp3) is 0.0625. The first kappa shape index (κ1) is 13.1. The van der Waals surface area contributed by atoms with Gasteiger partial charge in [0.1, 0.15) is 5.75 Å². The van der Waals surface area contributed by atoms with E-state index in [2.05, 4.69) is 10.3 Å². The van der Waals surface area contributed by atoms with Gasteiger partial charge < -0.3 is 20.8 Å². The maximum Gasteiger partial charge on any atom is 0.257 e. The number of nitrogens with two attached hydrogens (primary N) is 1. The van der Waals surface area contributed by atoms with Gasteiger partial charge in [0.05, 0.1) is 23.9 Å². The molecule has 0 spiro atoms. The van der Waals surface area contributed by atoms with Crippen molar-refractivity contribution in [2.75, 3.05) is 18.2 Å². The molecule has 0 atom stereocenters. The first-order valence-corrected chi connectivity index (χ1v) is 6.50. The molecule has 3 aromatic rings. The Balaban J connectivity index is 1.91. The highest BCUT2D eigenvalue weighted by molar-refractivity contribution is 6.12. The van der Waals surface area contributed by atoms with Gasteiger partial charge in [-0.2, -0.15) is 0 Å². The van der Waals surface area contributed by atoms with Gasteiger partial charge in [0.2, 0.25) is 0 Å². The van der Waals surface area contributed by atoms with Crippen LogP contribution in [0.2, 0.25) is 0 Å². The molecule has 0 aliphatic heterocycles. The molecule has 4 N–H and O–H groups in total. The molecule has 2 aromatic carbocycles. The lowest BCUT2D eigenvalue weighted by molar-refractivity contribution is 0.102. The van der Waals surface area contributed by atoms with Crippen LogP contribution in [-0.4, -0.2) is 18.0 Å². The van der Waals surface area contributed by atoms with Gasteiger partial charge in [-0.1, -0.05) is 12.1 Å². The van der Waals surface area contributed by atoms with Gasteiger partial charge in [0.15, 0.2) is 0 Å². The second-order valence-electron chi connectivity index (χ2n) is 4.66. The van der Waals surface area contributed by atoms with E-state index in [0.717, 1.165) is 10.9 Å². The maximum absolute atomic E-state index is 12.4. The van der Waals surface area contributed by atoms with Crippen LogP contribution in [0.25, 0.3) is 10.9 Å². The van der Waals surface area contributed by atoms with Crippen molar-refractivity contribution in [1.29, 1.82) is 0 Å². The summed E-state index contributed by atoms with van der Waals surface area (Å²) in [6.45, 7) is 0. The Morgan fingerprint density at radius 2 is 2.10 bits per heavy atom. The Morgan fingerprint density at radius 1 is 1.24 bits per heavy atom. The van der Waals surface area contributed by atoms with Crippen LogP contribution in [0, 0.1) is 0 Å². The normalized spacial score (nSPS) is 10.5. The molecule has 3 rings (SSSR count).